The third-order valence-electron chi connectivity index (χ3n) is 2.36. The molecular weight excluding hydrogens is 232 g/mol. The average molecular weight is 250 g/mol. The molecule has 2 N–H and O–H groups in total. The number of nitrogens with one attached hydrogen (secondary N) is 2. The molecule has 1 rings (SSSR count). The fourth-order valence-corrected chi connectivity index (χ4v) is 1.36. The van der Waals surface area contributed by atoms with Crippen LogP contribution in [0.15, 0.2) is 24.3 Å². The number of methoxy groups -OCH3 is 1. The van der Waals surface area contributed by atoms with Gasteiger partial charge < -0.3 is 15.4 Å². The number of esters is 1. The smallest absolute Gasteiger partial charge is 0.337 e. The molecule has 0 atom stereocenters. The number of hydrogen-bond acceptors (Lipinski definition) is 3. The molecule has 18 heavy (non-hydrogen) atoms. The van der Waals surface area contributed by atoms with Crippen molar-refractivity contribution in [2.24, 2.45) is 0 Å². The van der Waals surface area contributed by atoms with Crippen LogP contribution in [0.4, 0.5) is 4.79 Å². The summed E-state index contributed by atoms with van der Waals surface area (Å²) in [4.78, 5) is 22.5. The normalized spacial score (nSPS) is 9.67. The SMILES string of the molecule is CCCNC(=O)NCc1ccc(C(=O)OC)cc1. The molecular formula is C13H18N2O3. The van der Waals surface area contributed by atoms with Crippen LogP contribution in [0, 0.1) is 0 Å². The van der Waals surface area contributed by atoms with E-state index in [0.29, 0.717) is 18.7 Å². The molecule has 5 heteroatoms. The summed E-state index contributed by atoms with van der Waals surface area (Å²) in [7, 11) is 1.34. The molecule has 0 unspecified atom stereocenters. The Bertz CT molecular complexity index is 401. The van der Waals surface area contributed by atoms with E-state index in [1.165, 1.54) is 7.11 Å². The Morgan fingerprint density at radius 2 is 1.83 bits per heavy atom. The molecule has 0 spiro atoms. The molecule has 1 aromatic carbocycles. The van der Waals surface area contributed by atoms with Crippen LogP contribution in [-0.2, 0) is 11.3 Å². The maximum atomic E-state index is 11.3. The zero-order valence-corrected chi connectivity index (χ0v) is 10.7. The topological polar surface area (TPSA) is 67.4 Å². The predicted molar refractivity (Wildman–Crippen MR) is 68.3 cm³/mol. The number of carbonyl (C=O) groups is 2. The molecule has 0 heterocycles. The third-order valence-corrected chi connectivity index (χ3v) is 2.36. The van der Waals surface area contributed by atoms with Crippen LogP contribution < -0.4 is 10.6 Å². The summed E-state index contributed by atoms with van der Waals surface area (Å²) in [6.45, 7) is 3.08. The number of amides is 2. The van der Waals surface area contributed by atoms with E-state index in [4.69, 9.17) is 0 Å². The standard InChI is InChI=1S/C13H18N2O3/c1-3-8-14-13(17)15-9-10-4-6-11(7-5-10)12(16)18-2/h4-7H,3,8-9H2,1-2H3,(H2,14,15,17). The molecule has 0 aliphatic heterocycles. The second-order valence-electron chi connectivity index (χ2n) is 3.80. The van der Waals surface area contributed by atoms with Gasteiger partial charge in [0.05, 0.1) is 12.7 Å². The predicted octanol–water partition coefficient (Wildman–Crippen LogP) is 1.68. The van der Waals surface area contributed by atoms with E-state index in [9.17, 15) is 9.59 Å². The van der Waals surface area contributed by atoms with Crippen molar-refractivity contribution in [3.63, 3.8) is 0 Å². The summed E-state index contributed by atoms with van der Waals surface area (Å²) >= 11 is 0. The molecule has 0 fully saturated rings. The number of ether oxygens (including phenoxy) is 1. The zero-order valence-electron chi connectivity index (χ0n) is 10.7. The van der Waals surface area contributed by atoms with Crippen molar-refractivity contribution in [3.05, 3.63) is 35.4 Å². The van der Waals surface area contributed by atoms with Gasteiger partial charge in [-0.2, -0.15) is 0 Å². The molecule has 0 saturated carbocycles. The molecule has 5 nitrogen and oxygen atoms in total. The third kappa shape index (κ3) is 4.45. The van der Waals surface area contributed by atoms with Gasteiger partial charge in [-0.3, -0.25) is 0 Å². The lowest BCUT2D eigenvalue weighted by Gasteiger charge is -2.07. The highest BCUT2D eigenvalue weighted by Gasteiger charge is 2.04. The summed E-state index contributed by atoms with van der Waals surface area (Å²) < 4.78 is 4.60. The van der Waals surface area contributed by atoms with Gasteiger partial charge in [-0.1, -0.05) is 19.1 Å². The highest BCUT2D eigenvalue weighted by Crippen LogP contribution is 2.05. The van der Waals surface area contributed by atoms with Crippen molar-refractivity contribution in [1.29, 1.82) is 0 Å². The molecule has 1 aromatic rings. The van der Waals surface area contributed by atoms with E-state index >= 15 is 0 Å². The highest BCUT2D eigenvalue weighted by molar-refractivity contribution is 5.89. The van der Waals surface area contributed by atoms with E-state index in [2.05, 4.69) is 15.4 Å². The van der Waals surface area contributed by atoms with Crippen LogP contribution in [0.2, 0.25) is 0 Å². The van der Waals surface area contributed by atoms with Crippen molar-refractivity contribution in [3.8, 4) is 0 Å². The van der Waals surface area contributed by atoms with Gasteiger partial charge in [-0.05, 0) is 24.1 Å². The van der Waals surface area contributed by atoms with Crippen molar-refractivity contribution < 1.29 is 14.3 Å². The van der Waals surface area contributed by atoms with Gasteiger partial charge >= 0.3 is 12.0 Å². The quantitative estimate of drug-likeness (QED) is 0.781. The molecule has 2 amide bonds. The molecule has 0 saturated heterocycles. The Kier molecular flexibility index (Phi) is 5.70. The monoisotopic (exact) mass is 250 g/mol. The van der Waals surface area contributed by atoms with Crippen molar-refractivity contribution in [2.45, 2.75) is 19.9 Å². The molecule has 0 aromatic heterocycles. The van der Waals surface area contributed by atoms with Gasteiger partial charge in [0.2, 0.25) is 0 Å². The zero-order chi connectivity index (χ0) is 13.4. The largest absolute Gasteiger partial charge is 0.465 e. The second-order valence-corrected chi connectivity index (χ2v) is 3.80. The van der Waals surface area contributed by atoms with Crippen LogP contribution in [0.3, 0.4) is 0 Å². The van der Waals surface area contributed by atoms with Crippen molar-refractivity contribution in [1.82, 2.24) is 10.6 Å². The fourth-order valence-electron chi connectivity index (χ4n) is 1.36. The van der Waals surface area contributed by atoms with E-state index < -0.39 is 0 Å². The first-order valence-electron chi connectivity index (χ1n) is 5.86. The Morgan fingerprint density at radius 1 is 1.17 bits per heavy atom. The van der Waals surface area contributed by atoms with Crippen LogP contribution >= 0.6 is 0 Å². The van der Waals surface area contributed by atoms with Crippen molar-refractivity contribution >= 4 is 12.0 Å². The summed E-state index contributed by atoms with van der Waals surface area (Å²) in [5.74, 6) is -0.366. The minimum Gasteiger partial charge on any atom is -0.465 e. The first-order valence-corrected chi connectivity index (χ1v) is 5.86. The van der Waals surface area contributed by atoms with Gasteiger partial charge in [0.15, 0.2) is 0 Å². The van der Waals surface area contributed by atoms with Gasteiger partial charge in [-0.15, -0.1) is 0 Å². The van der Waals surface area contributed by atoms with Crippen LogP contribution in [0.5, 0.6) is 0 Å². The highest BCUT2D eigenvalue weighted by atomic mass is 16.5. The number of benzene rings is 1. The van der Waals surface area contributed by atoms with Crippen LogP contribution in [0.1, 0.15) is 29.3 Å². The van der Waals surface area contributed by atoms with Gasteiger partial charge in [-0.25, -0.2) is 9.59 Å². The molecule has 0 radical (unpaired) electrons. The molecule has 0 bridgehead atoms. The average Bonchev–Trinajstić information content (AvgIpc) is 2.42. The summed E-state index contributed by atoms with van der Waals surface area (Å²) in [5.41, 5.74) is 1.42. The Balaban J connectivity index is 2.44. The van der Waals surface area contributed by atoms with E-state index in [1.54, 1.807) is 24.3 Å². The first kappa shape index (κ1) is 14.0. The summed E-state index contributed by atoms with van der Waals surface area (Å²) in [6, 6.07) is 6.73. The van der Waals surface area contributed by atoms with Crippen LogP contribution in [-0.4, -0.2) is 25.7 Å². The summed E-state index contributed by atoms with van der Waals surface area (Å²) in [5, 5.41) is 5.45. The lowest BCUT2D eigenvalue weighted by molar-refractivity contribution is 0.0600. The summed E-state index contributed by atoms with van der Waals surface area (Å²) in [6.07, 6.45) is 0.904. The maximum Gasteiger partial charge on any atom is 0.337 e. The van der Waals surface area contributed by atoms with Gasteiger partial charge in [0.25, 0.3) is 0 Å². The van der Waals surface area contributed by atoms with Crippen molar-refractivity contribution in [2.75, 3.05) is 13.7 Å². The van der Waals surface area contributed by atoms with E-state index in [1.807, 2.05) is 6.92 Å². The lowest BCUT2D eigenvalue weighted by atomic mass is 10.1. The molecule has 0 aliphatic carbocycles. The number of urea groups is 1. The number of rotatable bonds is 5. The van der Waals surface area contributed by atoms with Gasteiger partial charge in [0.1, 0.15) is 0 Å². The van der Waals surface area contributed by atoms with Crippen LogP contribution in [0.25, 0.3) is 0 Å². The minimum absolute atomic E-state index is 0.186. The minimum atomic E-state index is -0.366. The number of hydrogen-bond donors (Lipinski definition) is 2. The first-order chi connectivity index (χ1) is 8.67. The van der Waals surface area contributed by atoms with E-state index in [0.717, 1.165) is 12.0 Å². The second kappa shape index (κ2) is 7.32. The maximum absolute atomic E-state index is 11.3. The van der Waals surface area contributed by atoms with E-state index in [-0.39, 0.29) is 12.0 Å². The molecule has 0 aliphatic rings. The Morgan fingerprint density at radius 3 is 2.39 bits per heavy atom. The molecule has 98 valence electrons. The fraction of sp³-hybridized carbons (Fsp3) is 0.385. The number of carbonyl (C=O) groups excluding carboxylic acids is 2. The Labute approximate surface area is 107 Å². The Hall–Kier alpha value is -2.04. The lowest BCUT2D eigenvalue weighted by Crippen LogP contribution is -2.35. The van der Waals surface area contributed by atoms with Gasteiger partial charge in [0, 0.05) is 13.1 Å².